The first-order valence-corrected chi connectivity index (χ1v) is 10.6. The molecule has 0 saturated carbocycles. The van der Waals surface area contributed by atoms with Gasteiger partial charge in [0.2, 0.25) is 10.0 Å². The van der Waals surface area contributed by atoms with Crippen molar-refractivity contribution in [2.45, 2.75) is 24.3 Å². The van der Waals surface area contributed by atoms with Gasteiger partial charge in [0.25, 0.3) is 5.69 Å². The fourth-order valence-electron chi connectivity index (χ4n) is 3.53. The lowest BCUT2D eigenvalue weighted by Crippen LogP contribution is -2.50. The van der Waals surface area contributed by atoms with Crippen molar-refractivity contribution in [2.75, 3.05) is 39.8 Å². The summed E-state index contributed by atoms with van der Waals surface area (Å²) in [6.07, 6.45) is 0.286. The first kappa shape index (κ1) is 21.2. The molecule has 0 N–H and O–H groups in total. The van der Waals surface area contributed by atoms with Crippen LogP contribution >= 0.6 is 0 Å². The molecule has 2 aliphatic rings. The molecule has 2 heterocycles. The molecule has 0 amide bonds. The molecule has 0 radical (unpaired) electrons. The quantitative estimate of drug-likeness (QED) is 0.378. The summed E-state index contributed by atoms with van der Waals surface area (Å²) in [6.45, 7) is 3.85. The van der Waals surface area contributed by atoms with Crippen LogP contribution in [0.25, 0.3) is 0 Å². The number of esters is 1. The Bertz CT molecular complexity index is 937. The van der Waals surface area contributed by atoms with Gasteiger partial charge in [-0.25, -0.2) is 13.2 Å². The number of allylic oxidation sites excluding steroid dienone is 1. The van der Waals surface area contributed by atoms with Crippen LogP contribution < -0.4 is 0 Å². The van der Waals surface area contributed by atoms with Gasteiger partial charge in [-0.05, 0) is 13.0 Å². The summed E-state index contributed by atoms with van der Waals surface area (Å²) in [4.78, 5) is 24.0. The Kier molecular flexibility index (Phi) is 6.20. The number of non-ortho nitro benzene ring substituents is 1. The number of rotatable bonds is 6. The number of nitrogens with zero attached hydrogens (tertiary/aromatic N) is 3. The standard InChI is InChI=1S/C18H23N3O7S/c1-13-17(18(22)27-2)11-15(28-13)12-19-6-8-20(9-7-19)29(25,26)16-5-3-4-14(10-16)21(23)24/h3-5,10,15H,6-9,11-12H2,1-2H3/t15-/m1/s1. The maximum Gasteiger partial charge on any atom is 0.337 e. The van der Waals surface area contributed by atoms with E-state index in [9.17, 15) is 23.3 Å². The number of sulfonamides is 1. The summed E-state index contributed by atoms with van der Waals surface area (Å²) < 4.78 is 37.4. The van der Waals surface area contributed by atoms with E-state index in [1.54, 1.807) is 6.92 Å². The zero-order chi connectivity index (χ0) is 21.2. The molecule has 0 spiro atoms. The van der Waals surface area contributed by atoms with Crippen molar-refractivity contribution in [2.24, 2.45) is 0 Å². The minimum atomic E-state index is -3.80. The third kappa shape index (κ3) is 4.57. The summed E-state index contributed by atoms with van der Waals surface area (Å²) in [6, 6.07) is 5.07. The Morgan fingerprint density at radius 2 is 2.00 bits per heavy atom. The van der Waals surface area contributed by atoms with Crippen molar-refractivity contribution in [3.05, 3.63) is 45.7 Å². The highest BCUT2D eigenvalue weighted by Crippen LogP contribution is 2.27. The molecule has 1 fully saturated rings. The number of hydrogen-bond donors (Lipinski definition) is 0. The smallest absolute Gasteiger partial charge is 0.337 e. The molecular formula is C18H23N3O7S. The number of carbonyl (C=O) groups excluding carboxylic acids is 1. The van der Waals surface area contributed by atoms with E-state index in [0.717, 1.165) is 6.07 Å². The second-order valence-corrected chi connectivity index (χ2v) is 8.87. The second kappa shape index (κ2) is 8.47. The Morgan fingerprint density at radius 3 is 2.62 bits per heavy atom. The number of benzene rings is 1. The SMILES string of the molecule is COC(=O)C1=C(C)O[C@@H](CN2CCN(S(=O)(=O)c3cccc([N+](=O)[O-])c3)CC2)C1. The monoisotopic (exact) mass is 425 g/mol. The molecule has 3 rings (SSSR count). The zero-order valence-corrected chi connectivity index (χ0v) is 17.1. The highest BCUT2D eigenvalue weighted by atomic mass is 32.2. The molecule has 11 heteroatoms. The van der Waals surface area contributed by atoms with E-state index in [1.165, 1.54) is 29.6 Å². The molecule has 10 nitrogen and oxygen atoms in total. The van der Waals surface area contributed by atoms with Crippen LogP contribution in [-0.2, 0) is 24.3 Å². The number of carbonyl (C=O) groups is 1. The van der Waals surface area contributed by atoms with Crippen LogP contribution in [0.3, 0.4) is 0 Å². The highest BCUT2D eigenvalue weighted by molar-refractivity contribution is 7.89. The fraction of sp³-hybridized carbons (Fsp3) is 0.500. The predicted octanol–water partition coefficient (Wildman–Crippen LogP) is 1.14. The molecule has 0 aliphatic carbocycles. The molecule has 0 bridgehead atoms. The molecule has 1 atom stereocenters. The largest absolute Gasteiger partial charge is 0.493 e. The molecular weight excluding hydrogens is 402 g/mol. The first-order valence-electron chi connectivity index (χ1n) is 9.14. The van der Waals surface area contributed by atoms with Gasteiger partial charge in [-0.1, -0.05) is 6.07 Å². The summed E-state index contributed by atoms with van der Waals surface area (Å²) >= 11 is 0. The van der Waals surface area contributed by atoms with E-state index in [2.05, 4.69) is 4.90 Å². The van der Waals surface area contributed by atoms with Crippen LogP contribution in [0.5, 0.6) is 0 Å². The first-order chi connectivity index (χ1) is 13.7. The van der Waals surface area contributed by atoms with Gasteiger partial charge in [-0.15, -0.1) is 0 Å². The summed E-state index contributed by atoms with van der Waals surface area (Å²) in [5.74, 6) is 0.173. The van der Waals surface area contributed by atoms with Crippen molar-refractivity contribution in [3.8, 4) is 0 Å². The minimum absolute atomic E-state index is 0.0816. The number of nitro benzene ring substituents is 1. The van der Waals surface area contributed by atoms with Gasteiger partial charge in [0.1, 0.15) is 11.9 Å². The van der Waals surface area contributed by atoms with E-state index in [0.29, 0.717) is 37.4 Å². The minimum Gasteiger partial charge on any atom is -0.493 e. The fourth-order valence-corrected chi connectivity index (χ4v) is 5.00. The van der Waals surface area contributed by atoms with Crippen molar-refractivity contribution < 1.29 is 27.6 Å². The molecule has 1 aromatic rings. The summed E-state index contributed by atoms with van der Waals surface area (Å²) in [5, 5.41) is 10.9. The Balaban J connectivity index is 1.58. The Hall–Kier alpha value is -2.50. The van der Waals surface area contributed by atoms with E-state index in [4.69, 9.17) is 9.47 Å². The van der Waals surface area contributed by atoms with Crippen LogP contribution in [0.15, 0.2) is 40.5 Å². The zero-order valence-electron chi connectivity index (χ0n) is 16.2. The lowest BCUT2D eigenvalue weighted by Gasteiger charge is -2.35. The van der Waals surface area contributed by atoms with Crippen LogP contribution in [-0.4, -0.2) is 74.5 Å². The maximum absolute atomic E-state index is 12.8. The molecule has 158 valence electrons. The Labute approximate surface area is 168 Å². The van der Waals surface area contributed by atoms with Gasteiger partial charge < -0.3 is 9.47 Å². The van der Waals surface area contributed by atoms with Gasteiger partial charge >= 0.3 is 5.97 Å². The topological polar surface area (TPSA) is 119 Å². The third-order valence-electron chi connectivity index (χ3n) is 5.09. The van der Waals surface area contributed by atoms with E-state index >= 15 is 0 Å². The number of nitro groups is 1. The van der Waals surface area contributed by atoms with E-state index < -0.39 is 20.9 Å². The number of piperazine rings is 1. The average Bonchev–Trinajstić information content (AvgIpc) is 3.08. The van der Waals surface area contributed by atoms with Gasteiger partial charge in [0.15, 0.2) is 0 Å². The summed E-state index contributed by atoms with van der Waals surface area (Å²) in [5.41, 5.74) is 0.275. The predicted molar refractivity (Wildman–Crippen MR) is 103 cm³/mol. The lowest BCUT2D eigenvalue weighted by atomic mass is 10.1. The Morgan fingerprint density at radius 1 is 1.31 bits per heavy atom. The van der Waals surface area contributed by atoms with Crippen molar-refractivity contribution in [1.29, 1.82) is 0 Å². The normalized spacial score (nSPS) is 21.1. The van der Waals surface area contributed by atoms with Crippen LogP contribution in [0.4, 0.5) is 5.69 Å². The molecule has 0 unspecified atom stereocenters. The van der Waals surface area contributed by atoms with Crippen molar-refractivity contribution >= 4 is 21.7 Å². The average molecular weight is 425 g/mol. The number of hydrogen-bond acceptors (Lipinski definition) is 8. The van der Waals surface area contributed by atoms with Crippen LogP contribution in [0.2, 0.25) is 0 Å². The van der Waals surface area contributed by atoms with Crippen molar-refractivity contribution in [1.82, 2.24) is 9.21 Å². The molecule has 0 aromatic heterocycles. The summed E-state index contributed by atoms with van der Waals surface area (Å²) in [7, 11) is -2.47. The molecule has 1 saturated heterocycles. The molecule has 29 heavy (non-hydrogen) atoms. The number of methoxy groups -OCH3 is 1. The number of ether oxygens (including phenoxy) is 2. The molecule has 1 aromatic carbocycles. The van der Waals surface area contributed by atoms with Gasteiger partial charge in [0, 0.05) is 51.3 Å². The van der Waals surface area contributed by atoms with Gasteiger partial charge in [-0.3, -0.25) is 15.0 Å². The van der Waals surface area contributed by atoms with Crippen LogP contribution in [0.1, 0.15) is 13.3 Å². The maximum atomic E-state index is 12.8. The lowest BCUT2D eigenvalue weighted by molar-refractivity contribution is -0.385. The van der Waals surface area contributed by atoms with E-state index in [1.807, 2.05) is 0 Å². The van der Waals surface area contributed by atoms with Gasteiger partial charge in [-0.2, -0.15) is 4.31 Å². The highest BCUT2D eigenvalue weighted by Gasteiger charge is 2.33. The van der Waals surface area contributed by atoms with E-state index in [-0.39, 0.29) is 29.8 Å². The molecule has 2 aliphatic heterocycles. The third-order valence-corrected chi connectivity index (χ3v) is 6.99. The van der Waals surface area contributed by atoms with Crippen molar-refractivity contribution in [3.63, 3.8) is 0 Å². The van der Waals surface area contributed by atoms with Gasteiger partial charge in [0.05, 0.1) is 22.5 Å². The second-order valence-electron chi connectivity index (χ2n) is 6.93. The van der Waals surface area contributed by atoms with Crippen LogP contribution in [0, 0.1) is 10.1 Å².